The van der Waals surface area contributed by atoms with Gasteiger partial charge in [0, 0.05) is 6.54 Å². The van der Waals surface area contributed by atoms with Gasteiger partial charge in [0.05, 0.1) is 5.57 Å². The first-order valence-corrected chi connectivity index (χ1v) is 4.24. The summed E-state index contributed by atoms with van der Waals surface area (Å²) >= 11 is 0. The normalized spacial score (nSPS) is 12.9. The van der Waals surface area contributed by atoms with Crippen LogP contribution in [0.3, 0.4) is 0 Å². The molecule has 0 aromatic carbocycles. The first-order chi connectivity index (χ1) is 7.22. The average Bonchev–Trinajstić information content (AvgIpc) is 2.71. The zero-order valence-corrected chi connectivity index (χ0v) is 7.94. The van der Waals surface area contributed by atoms with Crippen LogP contribution in [0.15, 0.2) is 5.57 Å². The highest BCUT2D eigenvalue weighted by Gasteiger charge is 2.26. The minimum Gasteiger partial charge on any atom is -0.310 e. The molecule has 0 unspecified atom stereocenters. The maximum atomic E-state index is 8.90. The number of hydrogen-bond donors (Lipinski definition) is 0. The van der Waals surface area contributed by atoms with Crippen LogP contribution < -0.4 is 0 Å². The smallest absolute Gasteiger partial charge is 0.177 e. The quantitative estimate of drug-likeness (QED) is 0.616. The fourth-order valence-electron chi connectivity index (χ4n) is 1.64. The second-order valence-electron chi connectivity index (χ2n) is 3.21. The molecule has 0 spiro atoms. The summed E-state index contributed by atoms with van der Waals surface area (Å²) in [4.78, 5) is 3.98. The van der Waals surface area contributed by atoms with Crippen molar-refractivity contribution in [3.8, 4) is 18.2 Å². The van der Waals surface area contributed by atoms with Gasteiger partial charge in [-0.2, -0.15) is 15.8 Å². The number of rotatable bonds is 0. The summed E-state index contributed by atoms with van der Waals surface area (Å²) in [5, 5.41) is 26.5. The van der Waals surface area contributed by atoms with E-state index in [1.165, 1.54) is 0 Å². The molecule has 15 heavy (non-hydrogen) atoms. The van der Waals surface area contributed by atoms with Crippen molar-refractivity contribution in [1.29, 1.82) is 15.8 Å². The van der Waals surface area contributed by atoms with E-state index in [2.05, 4.69) is 4.98 Å². The van der Waals surface area contributed by atoms with E-state index >= 15 is 0 Å². The van der Waals surface area contributed by atoms with Crippen LogP contribution in [0.4, 0.5) is 0 Å². The van der Waals surface area contributed by atoms with Gasteiger partial charge < -0.3 is 4.57 Å². The lowest BCUT2D eigenvalue weighted by molar-refractivity contribution is 0.795. The molecule has 0 bridgehead atoms. The molecule has 0 fully saturated rings. The summed E-state index contributed by atoms with van der Waals surface area (Å²) in [7, 11) is 0. The van der Waals surface area contributed by atoms with Gasteiger partial charge in [-0.3, -0.25) is 0 Å². The van der Waals surface area contributed by atoms with E-state index in [4.69, 9.17) is 15.8 Å². The van der Waals surface area contributed by atoms with Gasteiger partial charge >= 0.3 is 0 Å². The molecule has 1 aliphatic rings. The fourth-order valence-corrected chi connectivity index (χ4v) is 1.64. The Morgan fingerprint density at radius 1 is 1.20 bits per heavy atom. The number of fused-ring (bicyclic) bond motifs is 1. The van der Waals surface area contributed by atoms with Crippen LogP contribution in [0.2, 0.25) is 0 Å². The zero-order valence-electron chi connectivity index (χ0n) is 7.94. The third-order valence-electron chi connectivity index (χ3n) is 2.34. The number of allylic oxidation sites excluding steroid dienone is 2. The van der Waals surface area contributed by atoms with Crippen molar-refractivity contribution in [3.63, 3.8) is 0 Å². The van der Waals surface area contributed by atoms with Gasteiger partial charge in [0.2, 0.25) is 0 Å². The highest BCUT2D eigenvalue weighted by molar-refractivity contribution is 5.78. The second kappa shape index (κ2) is 2.97. The first-order valence-electron chi connectivity index (χ1n) is 4.24. The van der Waals surface area contributed by atoms with E-state index in [0.717, 1.165) is 5.57 Å². The van der Waals surface area contributed by atoms with E-state index in [-0.39, 0.29) is 11.4 Å². The minimum absolute atomic E-state index is 0.0905. The predicted molar refractivity (Wildman–Crippen MR) is 49.9 cm³/mol. The summed E-state index contributed by atoms with van der Waals surface area (Å²) in [6.45, 7) is 2.29. The molecule has 0 saturated heterocycles. The lowest BCUT2D eigenvalue weighted by Crippen LogP contribution is -1.98. The summed E-state index contributed by atoms with van der Waals surface area (Å²) in [6, 6.07) is 5.82. The monoisotopic (exact) mass is 195 g/mol. The van der Waals surface area contributed by atoms with Crippen LogP contribution in [0.5, 0.6) is 0 Å². The molecule has 2 rings (SSSR count). The first kappa shape index (κ1) is 8.99. The Balaban J connectivity index is 2.73. The molecule has 0 radical (unpaired) electrons. The number of hydrogen-bond acceptors (Lipinski definition) is 4. The lowest BCUT2D eigenvalue weighted by atomic mass is 10.2. The van der Waals surface area contributed by atoms with Crippen LogP contribution >= 0.6 is 0 Å². The Morgan fingerprint density at radius 3 is 2.47 bits per heavy atom. The van der Waals surface area contributed by atoms with Gasteiger partial charge in [-0.05, 0) is 12.5 Å². The maximum Gasteiger partial charge on any atom is 0.177 e. The Bertz CT molecular complexity index is 597. The number of nitrogens with zero attached hydrogens (tertiary/aromatic N) is 5. The molecule has 1 aromatic heterocycles. The molecule has 1 aliphatic heterocycles. The summed E-state index contributed by atoms with van der Waals surface area (Å²) in [6.07, 6.45) is 0. The van der Waals surface area contributed by atoms with Crippen LogP contribution in [0, 0.1) is 34.0 Å². The lowest BCUT2D eigenvalue weighted by Gasteiger charge is -1.96. The van der Waals surface area contributed by atoms with Gasteiger partial charge in [-0.1, -0.05) is 0 Å². The van der Waals surface area contributed by atoms with Crippen molar-refractivity contribution in [2.75, 3.05) is 0 Å². The maximum absolute atomic E-state index is 8.90. The topological polar surface area (TPSA) is 89.2 Å². The van der Waals surface area contributed by atoms with Gasteiger partial charge in [-0.15, -0.1) is 0 Å². The van der Waals surface area contributed by atoms with Crippen molar-refractivity contribution >= 4 is 5.57 Å². The van der Waals surface area contributed by atoms with E-state index in [9.17, 15) is 0 Å². The van der Waals surface area contributed by atoms with E-state index in [1.54, 1.807) is 4.57 Å². The van der Waals surface area contributed by atoms with Gasteiger partial charge in [0.1, 0.15) is 18.2 Å². The van der Waals surface area contributed by atoms with Gasteiger partial charge in [0.25, 0.3) is 0 Å². The Morgan fingerprint density at radius 2 is 1.93 bits per heavy atom. The highest BCUT2D eigenvalue weighted by Crippen LogP contribution is 2.28. The SMILES string of the molecule is CC1=C(C#N)c2nc(C#N)c(C#N)n2C1. The summed E-state index contributed by atoms with van der Waals surface area (Å²) in [5.41, 5.74) is 1.67. The van der Waals surface area contributed by atoms with Crippen molar-refractivity contribution in [2.45, 2.75) is 13.5 Å². The third-order valence-corrected chi connectivity index (χ3v) is 2.34. The number of nitriles is 3. The molecule has 5 heteroatoms. The molecule has 0 aliphatic carbocycles. The minimum atomic E-state index is 0.0905. The molecular weight excluding hydrogens is 190 g/mol. The molecule has 1 aromatic rings. The Kier molecular flexibility index (Phi) is 1.78. The summed E-state index contributed by atoms with van der Waals surface area (Å²) < 4.78 is 1.60. The van der Waals surface area contributed by atoms with Crippen LogP contribution in [0.25, 0.3) is 5.57 Å². The van der Waals surface area contributed by atoms with Crippen molar-refractivity contribution in [3.05, 3.63) is 22.8 Å². The highest BCUT2D eigenvalue weighted by atomic mass is 15.1. The molecule has 70 valence electrons. The third kappa shape index (κ3) is 1.03. The molecule has 0 saturated carbocycles. The molecule has 5 nitrogen and oxygen atoms in total. The van der Waals surface area contributed by atoms with E-state index in [0.29, 0.717) is 17.9 Å². The molecule has 0 N–H and O–H groups in total. The Hall–Kier alpha value is -2.58. The van der Waals surface area contributed by atoms with Gasteiger partial charge in [0.15, 0.2) is 17.2 Å². The van der Waals surface area contributed by atoms with E-state index in [1.807, 2.05) is 25.1 Å². The zero-order chi connectivity index (χ0) is 11.0. The average molecular weight is 195 g/mol. The predicted octanol–water partition coefficient (Wildman–Crippen LogP) is 0.937. The van der Waals surface area contributed by atoms with Crippen molar-refractivity contribution in [1.82, 2.24) is 9.55 Å². The number of aromatic nitrogens is 2. The fraction of sp³-hybridized carbons (Fsp3) is 0.200. The molecule has 0 atom stereocenters. The summed E-state index contributed by atoms with van der Waals surface area (Å²) in [5.74, 6) is 0.433. The standard InChI is InChI=1S/C10H5N5/c1-6-5-15-9(4-13)8(3-12)14-10(15)7(6)2-11/h5H2,1H3. The largest absolute Gasteiger partial charge is 0.310 e. The molecule has 0 amide bonds. The van der Waals surface area contributed by atoms with Crippen LogP contribution in [-0.4, -0.2) is 9.55 Å². The van der Waals surface area contributed by atoms with Gasteiger partial charge in [-0.25, -0.2) is 4.98 Å². The number of imidazole rings is 1. The second-order valence-corrected chi connectivity index (χ2v) is 3.21. The van der Waals surface area contributed by atoms with Crippen molar-refractivity contribution in [2.24, 2.45) is 0 Å². The Labute approximate surface area is 86.1 Å². The van der Waals surface area contributed by atoms with Crippen LogP contribution in [0.1, 0.15) is 24.1 Å². The molecule has 2 heterocycles. The van der Waals surface area contributed by atoms with E-state index < -0.39 is 0 Å². The molecular formula is C10H5N5. The van der Waals surface area contributed by atoms with Crippen molar-refractivity contribution < 1.29 is 0 Å². The van der Waals surface area contributed by atoms with Crippen LogP contribution in [-0.2, 0) is 6.54 Å².